The third-order valence-corrected chi connectivity index (χ3v) is 4.15. The van der Waals surface area contributed by atoms with E-state index in [-0.39, 0.29) is 0 Å². The standard InChI is InChI=1S/C18H16N6O/c1-2-12(1)20-17-16-15(7-10-25-16)22-18(23-17)21-13-3-5-14(6-4-13)24-9-8-19-11-24/h3-12H,1-2H2,(H2,20,21,22,23). The fourth-order valence-electron chi connectivity index (χ4n) is 2.70. The molecule has 0 radical (unpaired) electrons. The van der Waals surface area contributed by atoms with Crippen LogP contribution in [-0.4, -0.2) is 25.6 Å². The molecule has 0 atom stereocenters. The number of nitrogens with one attached hydrogen (secondary N) is 2. The molecule has 3 aromatic heterocycles. The summed E-state index contributed by atoms with van der Waals surface area (Å²) < 4.78 is 7.47. The lowest BCUT2D eigenvalue weighted by atomic mass is 10.3. The molecule has 25 heavy (non-hydrogen) atoms. The molecule has 1 fully saturated rings. The van der Waals surface area contributed by atoms with Gasteiger partial charge in [0.1, 0.15) is 5.52 Å². The van der Waals surface area contributed by atoms with Crippen LogP contribution in [0.3, 0.4) is 0 Å². The van der Waals surface area contributed by atoms with Crippen LogP contribution in [0.15, 0.2) is 59.7 Å². The monoisotopic (exact) mass is 332 g/mol. The van der Waals surface area contributed by atoms with E-state index in [1.165, 1.54) is 12.8 Å². The highest BCUT2D eigenvalue weighted by Gasteiger charge is 2.23. The number of anilines is 3. The maximum atomic E-state index is 5.52. The topological polar surface area (TPSA) is 80.8 Å². The van der Waals surface area contributed by atoms with Gasteiger partial charge in [0, 0.05) is 35.9 Å². The molecule has 0 spiro atoms. The molecule has 7 nitrogen and oxygen atoms in total. The van der Waals surface area contributed by atoms with Crippen LogP contribution in [0.1, 0.15) is 12.8 Å². The van der Waals surface area contributed by atoms with Gasteiger partial charge in [-0.25, -0.2) is 9.97 Å². The second-order valence-electron chi connectivity index (χ2n) is 6.09. The number of fused-ring (bicyclic) bond motifs is 1. The molecule has 124 valence electrons. The molecule has 1 saturated carbocycles. The van der Waals surface area contributed by atoms with Crippen molar-refractivity contribution in [2.24, 2.45) is 0 Å². The number of furan rings is 1. The Bertz CT molecular complexity index is 1000. The van der Waals surface area contributed by atoms with Gasteiger partial charge in [0.25, 0.3) is 0 Å². The van der Waals surface area contributed by atoms with Crippen molar-refractivity contribution in [1.82, 2.24) is 19.5 Å². The number of rotatable bonds is 5. The summed E-state index contributed by atoms with van der Waals surface area (Å²) in [4.78, 5) is 13.2. The first kappa shape index (κ1) is 14.0. The zero-order valence-electron chi connectivity index (χ0n) is 13.4. The summed E-state index contributed by atoms with van der Waals surface area (Å²) in [7, 11) is 0. The molecule has 0 aliphatic heterocycles. The van der Waals surface area contributed by atoms with Gasteiger partial charge in [-0.15, -0.1) is 0 Å². The minimum atomic E-state index is 0.491. The van der Waals surface area contributed by atoms with Crippen molar-refractivity contribution in [2.75, 3.05) is 10.6 Å². The first-order chi connectivity index (χ1) is 12.3. The Hall–Kier alpha value is -3.35. The van der Waals surface area contributed by atoms with E-state index in [9.17, 15) is 0 Å². The van der Waals surface area contributed by atoms with Crippen LogP contribution in [-0.2, 0) is 0 Å². The predicted molar refractivity (Wildman–Crippen MR) is 95.3 cm³/mol. The van der Waals surface area contributed by atoms with Crippen LogP contribution >= 0.6 is 0 Å². The number of nitrogens with zero attached hydrogens (tertiary/aromatic N) is 4. The van der Waals surface area contributed by atoms with Crippen LogP contribution < -0.4 is 10.6 Å². The lowest BCUT2D eigenvalue weighted by Gasteiger charge is -2.09. The number of imidazole rings is 1. The van der Waals surface area contributed by atoms with Crippen LogP contribution in [0.25, 0.3) is 16.8 Å². The van der Waals surface area contributed by atoms with Gasteiger partial charge in [-0.05, 0) is 37.1 Å². The van der Waals surface area contributed by atoms with E-state index in [2.05, 4.69) is 25.6 Å². The van der Waals surface area contributed by atoms with E-state index in [0.29, 0.717) is 17.6 Å². The van der Waals surface area contributed by atoms with Crippen molar-refractivity contribution in [3.8, 4) is 5.69 Å². The molecule has 1 aromatic carbocycles. The Balaban J connectivity index is 1.43. The number of benzene rings is 1. The summed E-state index contributed by atoms with van der Waals surface area (Å²) in [5.41, 5.74) is 3.46. The van der Waals surface area contributed by atoms with Gasteiger partial charge in [0.15, 0.2) is 11.4 Å². The van der Waals surface area contributed by atoms with E-state index >= 15 is 0 Å². The molecular formula is C18H16N6O. The van der Waals surface area contributed by atoms with Crippen molar-refractivity contribution >= 4 is 28.6 Å². The van der Waals surface area contributed by atoms with Gasteiger partial charge in [0.2, 0.25) is 5.95 Å². The third-order valence-electron chi connectivity index (χ3n) is 4.15. The number of hydrogen-bond acceptors (Lipinski definition) is 6. The molecule has 7 heteroatoms. The summed E-state index contributed by atoms with van der Waals surface area (Å²) in [6, 6.07) is 10.4. The zero-order chi connectivity index (χ0) is 16.6. The van der Waals surface area contributed by atoms with Crippen LogP contribution in [0.2, 0.25) is 0 Å². The molecule has 1 aliphatic carbocycles. The second kappa shape index (κ2) is 5.62. The quantitative estimate of drug-likeness (QED) is 0.580. The Labute approximate surface area is 143 Å². The maximum absolute atomic E-state index is 5.52. The minimum Gasteiger partial charge on any atom is -0.459 e. The van der Waals surface area contributed by atoms with Gasteiger partial charge >= 0.3 is 0 Å². The Kier molecular flexibility index (Phi) is 3.16. The van der Waals surface area contributed by atoms with Gasteiger partial charge in [-0.2, -0.15) is 4.98 Å². The van der Waals surface area contributed by atoms with Crippen molar-refractivity contribution < 1.29 is 4.42 Å². The summed E-state index contributed by atoms with van der Waals surface area (Å²) in [5, 5.41) is 6.67. The first-order valence-electron chi connectivity index (χ1n) is 8.22. The van der Waals surface area contributed by atoms with Gasteiger partial charge < -0.3 is 19.6 Å². The number of aromatic nitrogens is 4. The largest absolute Gasteiger partial charge is 0.459 e. The third kappa shape index (κ3) is 2.80. The second-order valence-corrected chi connectivity index (χ2v) is 6.09. The van der Waals surface area contributed by atoms with Gasteiger partial charge in [-0.1, -0.05) is 0 Å². The SMILES string of the molecule is c1cn(-c2ccc(Nc3nc(NC4CC4)c4occc4n3)cc2)cn1. The Morgan fingerprint density at radius 2 is 1.96 bits per heavy atom. The molecule has 4 aromatic rings. The van der Waals surface area contributed by atoms with Crippen LogP contribution in [0.5, 0.6) is 0 Å². The highest BCUT2D eigenvalue weighted by atomic mass is 16.3. The summed E-state index contributed by atoms with van der Waals surface area (Å²) in [6.07, 6.45) is 9.42. The van der Waals surface area contributed by atoms with Crippen molar-refractivity contribution in [3.63, 3.8) is 0 Å². The highest BCUT2D eigenvalue weighted by molar-refractivity contribution is 5.85. The molecule has 1 aliphatic rings. The average Bonchev–Trinajstić information content (AvgIpc) is 3.11. The van der Waals surface area contributed by atoms with Crippen molar-refractivity contribution in [3.05, 3.63) is 55.3 Å². The first-order valence-corrected chi connectivity index (χ1v) is 8.22. The van der Waals surface area contributed by atoms with E-state index in [1.807, 2.05) is 41.1 Å². The summed E-state index contributed by atoms with van der Waals surface area (Å²) >= 11 is 0. The van der Waals surface area contributed by atoms with E-state index in [1.54, 1.807) is 18.8 Å². The van der Waals surface area contributed by atoms with E-state index < -0.39 is 0 Å². The zero-order valence-corrected chi connectivity index (χ0v) is 13.4. The maximum Gasteiger partial charge on any atom is 0.229 e. The Morgan fingerprint density at radius 3 is 2.72 bits per heavy atom. The van der Waals surface area contributed by atoms with E-state index in [0.717, 1.165) is 22.7 Å². The average molecular weight is 332 g/mol. The van der Waals surface area contributed by atoms with Crippen LogP contribution in [0, 0.1) is 0 Å². The normalized spacial score (nSPS) is 13.9. The highest BCUT2D eigenvalue weighted by Crippen LogP contribution is 2.30. The summed E-state index contributed by atoms with van der Waals surface area (Å²) in [5.74, 6) is 1.29. The fourth-order valence-corrected chi connectivity index (χ4v) is 2.70. The minimum absolute atomic E-state index is 0.491. The van der Waals surface area contributed by atoms with Crippen molar-refractivity contribution in [1.29, 1.82) is 0 Å². The Morgan fingerprint density at radius 1 is 1.08 bits per heavy atom. The molecule has 0 bridgehead atoms. The molecular weight excluding hydrogens is 316 g/mol. The molecule has 3 heterocycles. The molecule has 0 unspecified atom stereocenters. The van der Waals surface area contributed by atoms with E-state index in [4.69, 9.17) is 4.42 Å². The summed E-state index contributed by atoms with van der Waals surface area (Å²) in [6.45, 7) is 0. The molecule has 2 N–H and O–H groups in total. The molecule has 0 amide bonds. The lowest BCUT2D eigenvalue weighted by molar-refractivity contribution is 0.614. The number of hydrogen-bond donors (Lipinski definition) is 2. The van der Waals surface area contributed by atoms with Crippen molar-refractivity contribution in [2.45, 2.75) is 18.9 Å². The smallest absolute Gasteiger partial charge is 0.229 e. The lowest BCUT2D eigenvalue weighted by Crippen LogP contribution is -2.06. The predicted octanol–water partition coefficient (Wildman–Crippen LogP) is 3.73. The van der Waals surface area contributed by atoms with Crippen LogP contribution in [0.4, 0.5) is 17.5 Å². The molecule has 5 rings (SSSR count). The van der Waals surface area contributed by atoms with Gasteiger partial charge in [0.05, 0.1) is 12.6 Å². The van der Waals surface area contributed by atoms with Gasteiger partial charge in [-0.3, -0.25) is 0 Å². The molecule has 0 saturated heterocycles. The fraction of sp³-hybridized carbons (Fsp3) is 0.167.